The van der Waals surface area contributed by atoms with Gasteiger partial charge in [0, 0.05) is 15.5 Å². The lowest BCUT2D eigenvalue weighted by molar-refractivity contribution is -0.484. The van der Waals surface area contributed by atoms with Crippen molar-refractivity contribution in [3.8, 4) is 5.75 Å². The van der Waals surface area contributed by atoms with Crippen molar-refractivity contribution in [1.82, 2.24) is 0 Å². The average Bonchev–Trinajstić information content (AvgIpc) is 2.25. The molecule has 6 heteroatoms. The summed E-state index contributed by atoms with van der Waals surface area (Å²) in [5.74, 6) is -1.10. The molecule has 0 fully saturated rings. The molecule has 1 aromatic rings. The van der Waals surface area contributed by atoms with E-state index in [1.54, 1.807) is 25.1 Å². The smallest absolute Gasteiger partial charge is 0.314 e. The van der Waals surface area contributed by atoms with Crippen LogP contribution in [0, 0.1) is 16.0 Å². The zero-order valence-corrected chi connectivity index (χ0v) is 9.81. The van der Waals surface area contributed by atoms with E-state index in [-0.39, 0.29) is 6.54 Å². The molecule has 0 N–H and O–H groups in total. The summed E-state index contributed by atoms with van der Waals surface area (Å²) in [5.41, 5.74) is 0.626. The second kappa shape index (κ2) is 4.33. The molecule has 90 valence electrons. The van der Waals surface area contributed by atoms with Gasteiger partial charge in [0.1, 0.15) is 5.75 Å². The number of nitro groups is 1. The van der Waals surface area contributed by atoms with E-state index in [2.05, 4.69) is 0 Å². The molecule has 17 heavy (non-hydrogen) atoms. The van der Waals surface area contributed by atoms with Gasteiger partial charge >= 0.3 is 5.97 Å². The highest BCUT2D eigenvalue weighted by Crippen LogP contribution is 2.39. The predicted octanol–water partition coefficient (Wildman–Crippen LogP) is 2.26. The van der Waals surface area contributed by atoms with Gasteiger partial charge in [0.05, 0.1) is 11.8 Å². The Bertz CT molecular complexity index is 488. The molecule has 5 nitrogen and oxygen atoms in total. The molecule has 1 aromatic carbocycles. The fourth-order valence-electron chi connectivity index (χ4n) is 1.95. The summed E-state index contributed by atoms with van der Waals surface area (Å²) in [6.07, 6.45) is 0. The van der Waals surface area contributed by atoms with Crippen LogP contribution in [0.3, 0.4) is 0 Å². The van der Waals surface area contributed by atoms with E-state index in [0.29, 0.717) is 16.3 Å². The number of fused-ring (bicyclic) bond motifs is 1. The van der Waals surface area contributed by atoms with Crippen LogP contribution in [0.4, 0.5) is 0 Å². The normalized spacial score (nSPS) is 22.8. The number of hydrogen-bond acceptors (Lipinski definition) is 4. The summed E-state index contributed by atoms with van der Waals surface area (Å²) in [6, 6.07) is 4.77. The predicted molar refractivity (Wildman–Crippen MR) is 60.9 cm³/mol. The van der Waals surface area contributed by atoms with Gasteiger partial charge in [-0.3, -0.25) is 14.9 Å². The Morgan fingerprint density at radius 3 is 2.88 bits per heavy atom. The SMILES string of the molecule is CC1C(=O)Oc2ccc(Cl)cc2C1C[N+](=O)[O-]. The highest BCUT2D eigenvalue weighted by molar-refractivity contribution is 6.30. The van der Waals surface area contributed by atoms with Crippen LogP contribution >= 0.6 is 11.6 Å². The van der Waals surface area contributed by atoms with Gasteiger partial charge in [0.2, 0.25) is 6.54 Å². The molecule has 0 aromatic heterocycles. The average molecular weight is 256 g/mol. The molecule has 2 rings (SSSR count). The highest BCUT2D eigenvalue weighted by Gasteiger charge is 2.37. The van der Waals surface area contributed by atoms with Crippen LogP contribution in [0.1, 0.15) is 18.4 Å². The first-order valence-corrected chi connectivity index (χ1v) is 5.50. The minimum absolute atomic E-state index is 0.302. The molecule has 0 radical (unpaired) electrons. The quantitative estimate of drug-likeness (QED) is 0.352. The fraction of sp³-hybridized carbons (Fsp3) is 0.364. The van der Waals surface area contributed by atoms with Crippen LogP contribution < -0.4 is 4.74 Å². The van der Waals surface area contributed by atoms with E-state index >= 15 is 0 Å². The second-order valence-electron chi connectivity index (χ2n) is 4.01. The van der Waals surface area contributed by atoms with Crippen molar-refractivity contribution in [2.24, 2.45) is 5.92 Å². The van der Waals surface area contributed by atoms with Crippen LogP contribution in [-0.2, 0) is 4.79 Å². The number of halogens is 1. The van der Waals surface area contributed by atoms with Crippen molar-refractivity contribution in [2.75, 3.05) is 6.54 Å². The lowest BCUT2D eigenvalue weighted by Crippen LogP contribution is -2.33. The Balaban J connectivity index is 2.46. The maximum atomic E-state index is 11.6. The Morgan fingerprint density at radius 2 is 2.24 bits per heavy atom. The zero-order valence-electron chi connectivity index (χ0n) is 9.05. The number of ether oxygens (including phenoxy) is 1. The third-order valence-electron chi connectivity index (χ3n) is 2.90. The minimum Gasteiger partial charge on any atom is -0.426 e. The van der Waals surface area contributed by atoms with Crippen molar-refractivity contribution in [2.45, 2.75) is 12.8 Å². The maximum Gasteiger partial charge on any atom is 0.314 e. The Hall–Kier alpha value is -1.62. The number of carbonyl (C=O) groups excluding carboxylic acids is 1. The van der Waals surface area contributed by atoms with Gasteiger partial charge < -0.3 is 4.74 Å². The lowest BCUT2D eigenvalue weighted by Gasteiger charge is -2.27. The number of nitrogens with zero attached hydrogens (tertiary/aromatic N) is 1. The molecule has 0 saturated carbocycles. The largest absolute Gasteiger partial charge is 0.426 e. The second-order valence-corrected chi connectivity index (χ2v) is 4.45. The molecule has 0 aliphatic carbocycles. The first-order chi connectivity index (χ1) is 7.99. The fourth-order valence-corrected chi connectivity index (χ4v) is 2.13. The Morgan fingerprint density at radius 1 is 1.53 bits per heavy atom. The highest BCUT2D eigenvalue weighted by atomic mass is 35.5. The Kier molecular flexibility index (Phi) is 3.02. The summed E-state index contributed by atoms with van der Waals surface area (Å²) >= 11 is 5.85. The molecule has 0 amide bonds. The summed E-state index contributed by atoms with van der Waals surface area (Å²) in [5, 5.41) is 11.1. The summed E-state index contributed by atoms with van der Waals surface area (Å²) in [7, 11) is 0. The van der Waals surface area contributed by atoms with Crippen LogP contribution in [0.2, 0.25) is 5.02 Å². The molecule has 1 heterocycles. The van der Waals surface area contributed by atoms with Crippen molar-refractivity contribution in [3.05, 3.63) is 38.9 Å². The maximum absolute atomic E-state index is 11.6. The van der Waals surface area contributed by atoms with Crippen molar-refractivity contribution >= 4 is 17.6 Å². The molecule has 2 unspecified atom stereocenters. The van der Waals surface area contributed by atoms with E-state index in [9.17, 15) is 14.9 Å². The van der Waals surface area contributed by atoms with E-state index in [4.69, 9.17) is 16.3 Å². The van der Waals surface area contributed by atoms with Gasteiger partial charge in [0.15, 0.2) is 0 Å². The first-order valence-electron chi connectivity index (χ1n) is 5.12. The molecule has 0 spiro atoms. The molecular formula is C11H10ClNO4. The molecule has 1 aliphatic rings. The van der Waals surface area contributed by atoms with Gasteiger partial charge in [-0.2, -0.15) is 0 Å². The van der Waals surface area contributed by atoms with Crippen LogP contribution in [0.15, 0.2) is 18.2 Å². The van der Waals surface area contributed by atoms with Crippen molar-refractivity contribution in [1.29, 1.82) is 0 Å². The van der Waals surface area contributed by atoms with Gasteiger partial charge in [-0.25, -0.2) is 0 Å². The number of esters is 1. The Labute approximate surface area is 102 Å². The van der Waals surface area contributed by atoms with Crippen molar-refractivity contribution in [3.63, 3.8) is 0 Å². The van der Waals surface area contributed by atoms with E-state index in [1.807, 2.05) is 0 Å². The monoisotopic (exact) mass is 255 g/mol. The standard InChI is InChI=1S/C11H10ClNO4/c1-6-9(5-13(15)16)8-4-7(12)2-3-10(8)17-11(6)14/h2-4,6,9H,5H2,1H3. The van der Waals surface area contributed by atoms with Gasteiger partial charge in [-0.15, -0.1) is 0 Å². The van der Waals surface area contributed by atoms with E-state index in [0.717, 1.165) is 0 Å². The summed E-state index contributed by atoms with van der Waals surface area (Å²) < 4.78 is 5.09. The molecular weight excluding hydrogens is 246 g/mol. The van der Waals surface area contributed by atoms with Gasteiger partial charge in [-0.05, 0) is 18.2 Å². The van der Waals surface area contributed by atoms with E-state index in [1.165, 1.54) is 0 Å². The number of benzene rings is 1. The van der Waals surface area contributed by atoms with Crippen LogP contribution in [0.25, 0.3) is 0 Å². The molecule has 1 aliphatic heterocycles. The summed E-state index contributed by atoms with van der Waals surface area (Å²) in [4.78, 5) is 21.8. The van der Waals surface area contributed by atoms with Crippen molar-refractivity contribution < 1.29 is 14.5 Å². The number of rotatable bonds is 2. The third kappa shape index (κ3) is 2.24. The number of hydrogen-bond donors (Lipinski definition) is 0. The summed E-state index contributed by atoms with van der Waals surface area (Å²) in [6.45, 7) is 1.32. The topological polar surface area (TPSA) is 69.4 Å². The van der Waals surface area contributed by atoms with Crippen LogP contribution in [-0.4, -0.2) is 17.4 Å². The number of carbonyl (C=O) groups is 1. The molecule has 2 atom stereocenters. The van der Waals surface area contributed by atoms with Crippen LogP contribution in [0.5, 0.6) is 5.75 Å². The van der Waals surface area contributed by atoms with Gasteiger partial charge in [0.25, 0.3) is 0 Å². The molecule has 0 bridgehead atoms. The first kappa shape index (κ1) is 11.9. The van der Waals surface area contributed by atoms with Gasteiger partial charge in [-0.1, -0.05) is 18.5 Å². The lowest BCUT2D eigenvalue weighted by atomic mass is 9.85. The molecule has 0 saturated heterocycles. The third-order valence-corrected chi connectivity index (χ3v) is 3.14. The van der Waals surface area contributed by atoms with E-state index < -0.39 is 22.7 Å². The minimum atomic E-state index is -0.536. The zero-order chi connectivity index (χ0) is 12.6.